The lowest BCUT2D eigenvalue weighted by molar-refractivity contribution is 0.0600. The molecule has 1 heterocycles. The summed E-state index contributed by atoms with van der Waals surface area (Å²) in [5.41, 5.74) is 1.07. The largest absolute Gasteiger partial charge is 0.465 e. The zero-order valence-electron chi connectivity index (χ0n) is 12.2. The van der Waals surface area contributed by atoms with Crippen LogP contribution >= 0.6 is 0 Å². The molecule has 1 aliphatic heterocycles. The van der Waals surface area contributed by atoms with Gasteiger partial charge in [0.05, 0.1) is 18.4 Å². The average molecular weight is 312 g/mol. The summed E-state index contributed by atoms with van der Waals surface area (Å²) in [4.78, 5) is 11.3. The van der Waals surface area contributed by atoms with E-state index < -0.39 is 16.0 Å². The van der Waals surface area contributed by atoms with Gasteiger partial charge in [0, 0.05) is 25.7 Å². The first-order valence-electron chi connectivity index (χ1n) is 6.81. The molecule has 2 rings (SSSR count). The van der Waals surface area contributed by atoms with Crippen LogP contribution in [0, 0.1) is 0 Å². The van der Waals surface area contributed by atoms with Crippen molar-refractivity contribution in [2.24, 2.45) is 0 Å². The smallest absolute Gasteiger partial charge is 0.337 e. The van der Waals surface area contributed by atoms with Gasteiger partial charge in [0.1, 0.15) is 0 Å². The van der Waals surface area contributed by atoms with Crippen LogP contribution in [-0.4, -0.2) is 51.5 Å². The molecule has 1 saturated heterocycles. The number of esters is 1. The lowest BCUT2D eigenvalue weighted by Crippen LogP contribution is -2.52. The van der Waals surface area contributed by atoms with Gasteiger partial charge in [0.15, 0.2) is 0 Å². The Hall–Kier alpha value is -1.44. The van der Waals surface area contributed by atoms with E-state index in [1.54, 1.807) is 24.3 Å². The van der Waals surface area contributed by atoms with E-state index in [4.69, 9.17) is 0 Å². The third-order valence-corrected chi connectivity index (χ3v) is 5.48. The summed E-state index contributed by atoms with van der Waals surface area (Å²) in [6.07, 6.45) is 0. The van der Waals surface area contributed by atoms with Gasteiger partial charge in [-0.05, 0) is 24.6 Å². The molecule has 1 aromatic rings. The predicted molar refractivity (Wildman–Crippen MR) is 79.4 cm³/mol. The fourth-order valence-corrected chi connectivity index (χ4v) is 4.16. The zero-order chi connectivity index (χ0) is 15.5. The van der Waals surface area contributed by atoms with Crippen molar-refractivity contribution in [3.8, 4) is 0 Å². The number of carbonyl (C=O) groups excluding carboxylic acids is 1. The van der Waals surface area contributed by atoms with E-state index in [9.17, 15) is 13.2 Å². The number of methoxy groups -OCH3 is 1. The van der Waals surface area contributed by atoms with Crippen LogP contribution in [0.1, 0.15) is 22.8 Å². The summed E-state index contributed by atoms with van der Waals surface area (Å²) in [5, 5.41) is 3.17. The van der Waals surface area contributed by atoms with Crippen molar-refractivity contribution in [2.75, 3.05) is 26.7 Å². The Morgan fingerprint density at radius 1 is 1.38 bits per heavy atom. The fraction of sp³-hybridized carbons (Fsp3) is 0.500. The molecule has 6 nitrogen and oxygen atoms in total. The molecular formula is C14H20N2O4S. The number of nitrogens with one attached hydrogen (secondary N) is 1. The number of ether oxygens (including phenoxy) is 1. The molecule has 0 unspecified atom stereocenters. The van der Waals surface area contributed by atoms with Gasteiger partial charge in [0.2, 0.25) is 10.0 Å². The molecule has 0 radical (unpaired) electrons. The highest BCUT2D eigenvalue weighted by Gasteiger charge is 2.29. The maximum absolute atomic E-state index is 12.4. The number of carbonyl (C=O) groups is 1. The summed E-state index contributed by atoms with van der Waals surface area (Å²) in [5.74, 6) is -0.487. The Morgan fingerprint density at radius 2 is 2.05 bits per heavy atom. The van der Waals surface area contributed by atoms with Crippen molar-refractivity contribution in [1.82, 2.24) is 9.62 Å². The summed E-state index contributed by atoms with van der Waals surface area (Å²) >= 11 is 0. The lowest BCUT2D eigenvalue weighted by atomic mass is 10.1. The molecule has 0 amide bonds. The molecule has 116 valence electrons. The van der Waals surface area contributed by atoms with Crippen LogP contribution in [0.25, 0.3) is 0 Å². The summed E-state index contributed by atoms with van der Waals surface area (Å²) in [6, 6.07) is 6.42. The monoisotopic (exact) mass is 312 g/mol. The van der Waals surface area contributed by atoms with E-state index in [0.717, 1.165) is 0 Å². The van der Waals surface area contributed by atoms with Gasteiger partial charge in [0.25, 0.3) is 0 Å². The van der Waals surface area contributed by atoms with Crippen molar-refractivity contribution in [3.05, 3.63) is 35.4 Å². The molecule has 0 aromatic heterocycles. The number of benzene rings is 1. The van der Waals surface area contributed by atoms with Gasteiger partial charge in [-0.1, -0.05) is 12.1 Å². The molecule has 1 aromatic carbocycles. The van der Waals surface area contributed by atoms with Crippen molar-refractivity contribution in [1.29, 1.82) is 0 Å². The van der Waals surface area contributed by atoms with Gasteiger partial charge < -0.3 is 10.1 Å². The second-order valence-corrected chi connectivity index (χ2v) is 7.03. The van der Waals surface area contributed by atoms with E-state index >= 15 is 0 Å². The van der Waals surface area contributed by atoms with Crippen molar-refractivity contribution >= 4 is 16.0 Å². The van der Waals surface area contributed by atoms with Crippen LogP contribution in [0.2, 0.25) is 0 Å². The topological polar surface area (TPSA) is 75.7 Å². The highest BCUT2D eigenvalue weighted by molar-refractivity contribution is 7.88. The minimum atomic E-state index is -3.35. The SMILES string of the molecule is COC(=O)c1ccc(CS(=O)(=O)N2CCNC[C@@H]2C)cc1. The number of rotatable bonds is 4. The molecule has 0 spiro atoms. The zero-order valence-corrected chi connectivity index (χ0v) is 13.0. The van der Waals surface area contributed by atoms with Crippen LogP contribution in [0.5, 0.6) is 0 Å². The first-order chi connectivity index (χ1) is 9.94. The highest BCUT2D eigenvalue weighted by Crippen LogP contribution is 2.16. The van der Waals surface area contributed by atoms with E-state index in [1.165, 1.54) is 11.4 Å². The third-order valence-electron chi connectivity index (χ3n) is 3.52. The number of sulfonamides is 1. The quantitative estimate of drug-likeness (QED) is 0.824. The van der Waals surface area contributed by atoms with Crippen LogP contribution < -0.4 is 5.32 Å². The number of hydrogen-bond acceptors (Lipinski definition) is 5. The minimum Gasteiger partial charge on any atom is -0.465 e. The molecule has 1 aliphatic rings. The Labute approximate surface area is 125 Å². The second kappa shape index (κ2) is 6.55. The molecule has 21 heavy (non-hydrogen) atoms. The molecule has 0 bridgehead atoms. The number of nitrogens with zero attached hydrogens (tertiary/aromatic N) is 1. The second-order valence-electron chi connectivity index (χ2n) is 5.11. The molecule has 1 N–H and O–H groups in total. The van der Waals surface area contributed by atoms with E-state index in [1.807, 2.05) is 6.92 Å². The maximum atomic E-state index is 12.4. The third kappa shape index (κ3) is 3.81. The van der Waals surface area contributed by atoms with E-state index in [-0.39, 0.29) is 11.8 Å². The number of hydrogen-bond donors (Lipinski definition) is 1. The molecule has 0 saturated carbocycles. The lowest BCUT2D eigenvalue weighted by Gasteiger charge is -2.32. The molecule has 0 aliphatic carbocycles. The van der Waals surface area contributed by atoms with Gasteiger partial charge >= 0.3 is 5.97 Å². The molecule has 1 fully saturated rings. The summed E-state index contributed by atoms with van der Waals surface area (Å²) in [7, 11) is -2.04. The fourth-order valence-electron chi connectivity index (χ4n) is 2.38. The van der Waals surface area contributed by atoms with Crippen LogP contribution in [0.4, 0.5) is 0 Å². The van der Waals surface area contributed by atoms with Crippen LogP contribution in [-0.2, 0) is 20.5 Å². The van der Waals surface area contributed by atoms with E-state index in [0.29, 0.717) is 30.8 Å². The maximum Gasteiger partial charge on any atom is 0.337 e. The van der Waals surface area contributed by atoms with Gasteiger partial charge in [-0.2, -0.15) is 4.31 Å². The standard InChI is InChI=1S/C14H20N2O4S/c1-11-9-15-7-8-16(11)21(18,19)10-12-3-5-13(6-4-12)14(17)20-2/h3-6,11,15H,7-10H2,1-2H3/t11-/m0/s1. The first-order valence-corrected chi connectivity index (χ1v) is 8.42. The first kappa shape index (κ1) is 15.9. The Balaban J connectivity index is 2.11. The highest BCUT2D eigenvalue weighted by atomic mass is 32.2. The predicted octanol–water partition coefficient (Wildman–Crippen LogP) is 0.597. The Kier molecular flexibility index (Phi) is 4.97. The van der Waals surface area contributed by atoms with Crippen molar-refractivity contribution in [3.63, 3.8) is 0 Å². The number of piperazine rings is 1. The van der Waals surface area contributed by atoms with Crippen LogP contribution in [0.3, 0.4) is 0 Å². The van der Waals surface area contributed by atoms with Gasteiger partial charge in [-0.3, -0.25) is 0 Å². The van der Waals surface area contributed by atoms with Crippen molar-refractivity contribution < 1.29 is 17.9 Å². The van der Waals surface area contributed by atoms with Gasteiger partial charge in [-0.25, -0.2) is 13.2 Å². The molecule has 1 atom stereocenters. The summed E-state index contributed by atoms with van der Waals surface area (Å²) < 4.78 is 31.0. The average Bonchev–Trinajstić information content (AvgIpc) is 2.47. The van der Waals surface area contributed by atoms with Crippen LogP contribution in [0.15, 0.2) is 24.3 Å². The Bertz CT molecular complexity index is 598. The van der Waals surface area contributed by atoms with Crippen molar-refractivity contribution in [2.45, 2.75) is 18.7 Å². The molecule has 7 heteroatoms. The summed E-state index contributed by atoms with van der Waals surface area (Å²) in [6.45, 7) is 3.72. The normalized spacial score (nSPS) is 20.2. The molecular weight excluding hydrogens is 292 g/mol. The van der Waals surface area contributed by atoms with E-state index in [2.05, 4.69) is 10.1 Å². The van der Waals surface area contributed by atoms with Gasteiger partial charge in [-0.15, -0.1) is 0 Å². The minimum absolute atomic E-state index is 0.0434. The Morgan fingerprint density at radius 3 is 2.62 bits per heavy atom.